The lowest BCUT2D eigenvalue weighted by molar-refractivity contribution is 0.0316. The average molecular weight is 709 g/mol. The predicted octanol–water partition coefficient (Wildman–Crippen LogP) is 8.41. The Morgan fingerprint density at radius 2 is 1.49 bits per heavy atom. The number of alkyl halides is 1. The van der Waals surface area contributed by atoms with Gasteiger partial charge in [0.2, 0.25) is 0 Å². The molecule has 3 unspecified atom stereocenters. The van der Waals surface area contributed by atoms with Crippen molar-refractivity contribution in [3.05, 3.63) is 47.9 Å². The number of ether oxygens (including phenoxy) is 2. The lowest BCUT2D eigenvalue weighted by Gasteiger charge is -2.23. The number of imidazole rings is 1. The van der Waals surface area contributed by atoms with Crippen LogP contribution in [-0.2, 0) is 36.2 Å². The zero-order chi connectivity index (χ0) is 35.0. The van der Waals surface area contributed by atoms with Crippen LogP contribution in [0.1, 0.15) is 127 Å². The summed E-state index contributed by atoms with van der Waals surface area (Å²) in [5.41, 5.74) is 13.2. The highest BCUT2D eigenvalue weighted by molar-refractivity contribution is 7.53. The smallest absolute Gasteiger partial charge is 0.356 e. The maximum absolute atomic E-state index is 14.1. The second-order valence-corrected chi connectivity index (χ2v) is 14.9. The molecule has 2 aromatic rings. The fourth-order valence-electron chi connectivity index (χ4n) is 5.75. The fraction of sp³-hybridized carbons (Fsp3) is 0.722. The van der Waals surface area contributed by atoms with Gasteiger partial charge in [-0.1, -0.05) is 134 Å². The summed E-state index contributed by atoms with van der Waals surface area (Å²) < 4.78 is 52.3. The number of hydrogen-bond donors (Lipinski definition) is 3. The van der Waals surface area contributed by atoms with Gasteiger partial charge in [0.05, 0.1) is 32.7 Å². The lowest BCUT2D eigenvalue weighted by Crippen LogP contribution is -2.41. The Morgan fingerprint density at radius 1 is 0.878 bits per heavy atom. The molecule has 0 saturated heterocycles. The first kappa shape index (κ1) is 41.1. The summed E-state index contributed by atoms with van der Waals surface area (Å²) in [6.07, 6.45) is 20.7. The van der Waals surface area contributed by atoms with Crippen molar-refractivity contribution in [1.82, 2.24) is 14.9 Å². The SMILES string of the molecule is CCCCCCCCCCCCCCCCCCOCCOP(=O)(COC(CF)Cn1cnc2c1N=C(N)NC2N)OCc1ccccc1. The van der Waals surface area contributed by atoms with Crippen molar-refractivity contribution in [2.45, 2.75) is 135 Å². The normalized spacial score (nSPS) is 16.1. The number of aliphatic imine (C=N–C) groups is 1. The van der Waals surface area contributed by atoms with Gasteiger partial charge in [0, 0.05) is 6.61 Å². The van der Waals surface area contributed by atoms with Crippen LogP contribution in [0.25, 0.3) is 0 Å². The Bertz CT molecular complexity index is 1220. The monoisotopic (exact) mass is 708 g/mol. The summed E-state index contributed by atoms with van der Waals surface area (Å²) >= 11 is 0. The van der Waals surface area contributed by atoms with Crippen molar-refractivity contribution in [2.75, 3.05) is 32.8 Å². The largest absolute Gasteiger partial charge is 0.379 e. The number of guanidine groups is 1. The molecule has 3 rings (SSSR count). The van der Waals surface area contributed by atoms with Crippen LogP contribution in [0.5, 0.6) is 0 Å². The number of unbranched alkanes of at least 4 members (excludes halogenated alkanes) is 15. The van der Waals surface area contributed by atoms with E-state index < -0.39 is 32.9 Å². The topological polar surface area (TPSA) is 148 Å². The summed E-state index contributed by atoms with van der Waals surface area (Å²) in [5.74, 6) is 0.566. The minimum absolute atomic E-state index is 0.0590. The van der Waals surface area contributed by atoms with Gasteiger partial charge in [-0.25, -0.2) is 9.37 Å². The molecular formula is C36H62FN6O5P. The molecular weight excluding hydrogens is 646 g/mol. The van der Waals surface area contributed by atoms with Crippen molar-refractivity contribution in [3.63, 3.8) is 0 Å². The van der Waals surface area contributed by atoms with Crippen molar-refractivity contribution < 1.29 is 27.5 Å². The average Bonchev–Trinajstić information content (AvgIpc) is 3.51. The Hall–Kier alpha value is -2.34. The lowest BCUT2D eigenvalue weighted by atomic mass is 10.0. The highest BCUT2D eigenvalue weighted by Gasteiger charge is 2.29. The third kappa shape index (κ3) is 16.9. The molecule has 1 aromatic heterocycles. The standard InChI is InChI=1S/C36H62FN6O5P/c1-2-3-4-5-6-7-8-9-10-11-12-13-14-15-16-20-23-45-24-25-47-49(44,48-28-31-21-18-17-19-22-31)30-46-32(26-37)27-43-29-40-33-34(38)41-36(39)42-35(33)43/h17-19,21-22,29,32,34H,2-16,20,23-28,30,38H2,1H3,(H3,39,41,42). The summed E-state index contributed by atoms with van der Waals surface area (Å²) in [5, 5.41) is 2.79. The van der Waals surface area contributed by atoms with Crippen LogP contribution in [0.4, 0.5) is 10.2 Å². The molecule has 0 radical (unpaired) electrons. The van der Waals surface area contributed by atoms with E-state index in [2.05, 4.69) is 22.2 Å². The molecule has 1 aromatic carbocycles. The molecule has 13 heteroatoms. The van der Waals surface area contributed by atoms with E-state index in [1.165, 1.54) is 96.2 Å². The fourth-order valence-corrected chi connectivity index (χ4v) is 7.07. The first-order valence-electron chi connectivity index (χ1n) is 18.5. The van der Waals surface area contributed by atoms with E-state index in [0.717, 1.165) is 18.4 Å². The van der Waals surface area contributed by atoms with Gasteiger partial charge in [0.1, 0.15) is 31.0 Å². The maximum atomic E-state index is 14.1. The summed E-state index contributed by atoms with van der Waals surface area (Å²) in [6, 6.07) is 9.36. The van der Waals surface area contributed by atoms with E-state index in [9.17, 15) is 8.96 Å². The number of aromatic nitrogens is 2. The van der Waals surface area contributed by atoms with E-state index in [4.69, 9.17) is 30.0 Å². The molecule has 0 amide bonds. The molecule has 1 aliphatic rings. The minimum atomic E-state index is -3.75. The Kier molecular flexibility index (Phi) is 20.8. The first-order valence-corrected chi connectivity index (χ1v) is 20.3. The molecule has 1 aliphatic heterocycles. The Balaban J connectivity index is 1.29. The highest BCUT2D eigenvalue weighted by Crippen LogP contribution is 2.49. The van der Waals surface area contributed by atoms with Crippen LogP contribution in [0.15, 0.2) is 41.7 Å². The molecule has 0 saturated carbocycles. The first-order chi connectivity index (χ1) is 23.9. The summed E-state index contributed by atoms with van der Waals surface area (Å²) in [7, 11) is -3.75. The van der Waals surface area contributed by atoms with E-state index >= 15 is 0 Å². The molecule has 0 aliphatic carbocycles. The van der Waals surface area contributed by atoms with Crippen LogP contribution in [0, 0.1) is 0 Å². The van der Waals surface area contributed by atoms with Gasteiger partial charge in [-0.05, 0) is 12.0 Å². The number of nitrogens with one attached hydrogen (secondary N) is 1. The number of benzene rings is 1. The number of fused-ring (bicyclic) bond motifs is 1. The minimum Gasteiger partial charge on any atom is -0.379 e. The van der Waals surface area contributed by atoms with Gasteiger partial charge >= 0.3 is 7.60 Å². The highest BCUT2D eigenvalue weighted by atomic mass is 31.2. The van der Waals surface area contributed by atoms with Crippen molar-refractivity contribution in [1.29, 1.82) is 0 Å². The van der Waals surface area contributed by atoms with Gasteiger partial charge < -0.3 is 39.9 Å². The third-order valence-corrected chi connectivity index (χ3v) is 10.2. The van der Waals surface area contributed by atoms with Crippen LogP contribution in [-0.4, -0.2) is 54.5 Å². The molecule has 5 N–H and O–H groups in total. The molecule has 0 fully saturated rings. The summed E-state index contributed by atoms with van der Waals surface area (Å²) in [6.45, 7) is 2.53. The Morgan fingerprint density at radius 3 is 2.10 bits per heavy atom. The number of hydrogen-bond acceptors (Lipinski definition) is 10. The van der Waals surface area contributed by atoms with Gasteiger partial charge in [-0.2, -0.15) is 4.99 Å². The van der Waals surface area contributed by atoms with Crippen LogP contribution in [0.3, 0.4) is 0 Å². The number of rotatable bonds is 30. The molecule has 278 valence electrons. The summed E-state index contributed by atoms with van der Waals surface area (Å²) in [4.78, 5) is 8.50. The van der Waals surface area contributed by atoms with Gasteiger partial charge in [0.15, 0.2) is 11.8 Å². The predicted molar refractivity (Wildman–Crippen MR) is 194 cm³/mol. The van der Waals surface area contributed by atoms with Crippen LogP contribution >= 0.6 is 7.60 Å². The van der Waals surface area contributed by atoms with Gasteiger partial charge in [-0.3, -0.25) is 4.57 Å². The number of nitrogens with two attached hydrogens (primary N) is 2. The zero-order valence-electron chi connectivity index (χ0n) is 29.7. The second kappa shape index (κ2) is 24.7. The van der Waals surface area contributed by atoms with E-state index in [0.29, 0.717) is 18.1 Å². The number of halogens is 1. The molecule has 11 nitrogen and oxygen atoms in total. The number of nitrogens with zero attached hydrogens (tertiary/aromatic N) is 3. The van der Waals surface area contributed by atoms with Gasteiger partial charge in [0.25, 0.3) is 0 Å². The maximum Gasteiger partial charge on any atom is 0.356 e. The molecule has 2 heterocycles. The molecule has 0 bridgehead atoms. The van der Waals surface area contributed by atoms with E-state index in [1.807, 2.05) is 30.3 Å². The van der Waals surface area contributed by atoms with E-state index in [1.54, 1.807) is 4.57 Å². The quantitative estimate of drug-likeness (QED) is 0.0537. The van der Waals surface area contributed by atoms with Crippen LogP contribution in [0.2, 0.25) is 0 Å². The van der Waals surface area contributed by atoms with Crippen molar-refractivity contribution in [2.24, 2.45) is 16.5 Å². The van der Waals surface area contributed by atoms with E-state index in [-0.39, 0.29) is 32.3 Å². The zero-order valence-corrected chi connectivity index (χ0v) is 30.6. The third-order valence-electron chi connectivity index (χ3n) is 8.63. The molecule has 0 spiro atoms. The Labute approximate surface area is 293 Å². The second-order valence-electron chi connectivity index (χ2n) is 12.9. The van der Waals surface area contributed by atoms with Crippen LogP contribution < -0.4 is 16.8 Å². The molecule has 3 atom stereocenters. The van der Waals surface area contributed by atoms with Crippen molar-refractivity contribution in [3.8, 4) is 0 Å². The van der Waals surface area contributed by atoms with Crippen molar-refractivity contribution >= 4 is 19.4 Å². The molecule has 49 heavy (non-hydrogen) atoms. The van der Waals surface area contributed by atoms with Gasteiger partial charge in [-0.15, -0.1) is 0 Å².